The van der Waals surface area contributed by atoms with E-state index in [1.165, 1.54) is 0 Å². The SMILES string of the molecule is Cl.Cl.NCCCN(Cc1ccccc1)C(=O)CCc1ccncc1. The molecule has 6 heteroatoms. The molecule has 0 aliphatic carbocycles. The molecule has 1 heterocycles. The van der Waals surface area contributed by atoms with Gasteiger partial charge in [-0.05, 0) is 42.6 Å². The number of amides is 1. The zero-order valence-corrected chi connectivity index (χ0v) is 15.3. The van der Waals surface area contributed by atoms with Crippen molar-refractivity contribution in [2.75, 3.05) is 13.1 Å². The first-order chi connectivity index (χ1) is 10.8. The minimum atomic E-state index is 0. The number of nitrogens with two attached hydrogens (primary N) is 1. The van der Waals surface area contributed by atoms with E-state index in [-0.39, 0.29) is 30.7 Å². The van der Waals surface area contributed by atoms with Crippen LogP contribution in [0.5, 0.6) is 0 Å². The monoisotopic (exact) mass is 369 g/mol. The lowest BCUT2D eigenvalue weighted by Crippen LogP contribution is -2.32. The second kappa shape index (κ2) is 12.8. The summed E-state index contributed by atoms with van der Waals surface area (Å²) in [7, 11) is 0. The van der Waals surface area contributed by atoms with Crippen LogP contribution in [-0.2, 0) is 17.8 Å². The van der Waals surface area contributed by atoms with Gasteiger partial charge in [-0.15, -0.1) is 24.8 Å². The summed E-state index contributed by atoms with van der Waals surface area (Å²) in [6.07, 6.45) is 5.61. The van der Waals surface area contributed by atoms with E-state index in [0.717, 1.165) is 24.0 Å². The lowest BCUT2D eigenvalue weighted by atomic mass is 10.1. The van der Waals surface area contributed by atoms with E-state index in [0.29, 0.717) is 26.1 Å². The molecule has 1 aromatic heterocycles. The Balaban J connectivity index is 0.00000264. The molecule has 0 saturated heterocycles. The highest BCUT2D eigenvalue weighted by molar-refractivity contribution is 5.85. The summed E-state index contributed by atoms with van der Waals surface area (Å²) in [5.41, 5.74) is 7.88. The van der Waals surface area contributed by atoms with E-state index in [4.69, 9.17) is 5.73 Å². The summed E-state index contributed by atoms with van der Waals surface area (Å²) in [4.78, 5) is 18.4. The van der Waals surface area contributed by atoms with Crippen molar-refractivity contribution in [3.8, 4) is 0 Å². The first-order valence-electron chi connectivity index (χ1n) is 7.70. The van der Waals surface area contributed by atoms with E-state index in [2.05, 4.69) is 4.98 Å². The van der Waals surface area contributed by atoms with Crippen LogP contribution in [0, 0.1) is 0 Å². The topological polar surface area (TPSA) is 59.2 Å². The molecular weight excluding hydrogens is 345 g/mol. The van der Waals surface area contributed by atoms with Crippen LogP contribution in [0.3, 0.4) is 0 Å². The average Bonchev–Trinajstić information content (AvgIpc) is 2.58. The fourth-order valence-corrected chi connectivity index (χ4v) is 2.34. The van der Waals surface area contributed by atoms with Gasteiger partial charge in [0.15, 0.2) is 0 Å². The highest BCUT2D eigenvalue weighted by Gasteiger charge is 2.13. The maximum atomic E-state index is 12.5. The van der Waals surface area contributed by atoms with Crippen molar-refractivity contribution in [3.05, 3.63) is 66.0 Å². The molecule has 2 rings (SSSR count). The van der Waals surface area contributed by atoms with Crippen LogP contribution in [0.2, 0.25) is 0 Å². The molecular formula is C18H25Cl2N3O. The maximum absolute atomic E-state index is 12.5. The third-order valence-corrected chi connectivity index (χ3v) is 3.58. The Morgan fingerprint density at radius 1 is 1.00 bits per heavy atom. The molecule has 0 aliphatic rings. The second-order valence-electron chi connectivity index (χ2n) is 5.30. The van der Waals surface area contributed by atoms with Crippen LogP contribution in [0.1, 0.15) is 24.0 Å². The van der Waals surface area contributed by atoms with Gasteiger partial charge in [0, 0.05) is 31.9 Å². The van der Waals surface area contributed by atoms with Crippen LogP contribution in [0.15, 0.2) is 54.9 Å². The first-order valence-corrected chi connectivity index (χ1v) is 7.70. The van der Waals surface area contributed by atoms with Crippen LogP contribution in [0.4, 0.5) is 0 Å². The normalized spacial score (nSPS) is 9.54. The van der Waals surface area contributed by atoms with Gasteiger partial charge >= 0.3 is 0 Å². The van der Waals surface area contributed by atoms with Gasteiger partial charge in [0.2, 0.25) is 5.91 Å². The number of halogens is 2. The number of aryl methyl sites for hydroxylation is 1. The molecule has 0 atom stereocenters. The van der Waals surface area contributed by atoms with E-state index < -0.39 is 0 Å². The standard InChI is InChI=1S/C18H23N3O.2ClH/c19-11-4-14-21(15-17-5-2-1-3-6-17)18(22)8-7-16-9-12-20-13-10-16;;/h1-3,5-6,9-10,12-13H,4,7-8,11,14-15,19H2;2*1H. The predicted molar refractivity (Wildman–Crippen MR) is 103 cm³/mol. The molecule has 2 N–H and O–H groups in total. The third-order valence-electron chi connectivity index (χ3n) is 3.58. The average molecular weight is 370 g/mol. The molecule has 0 unspecified atom stereocenters. The van der Waals surface area contributed by atoms with Crippen LogP contribution >= 0.6 is 24.8 Å². The van der Waals surface area contributed by atoms with Gasteiger partial charge in [-0.25, -0.2) is 0 Å². The van der Waals surface area contributed by atoms with Crippen molar-refractivity contribution in [1.82, 2.24) is 9.88 Å². The zero-order valence-electron chi connectivity index (χ0n) is 13.6. The quantitative estimate of drug-likeness (QED) is 0.776. The highest BCUT2D eigenvalue weighted by atomic mass is 35.5. The summed E-state index contributed by atoms with van der Waals surface area (Å²) >= 11 is 0. The lowest BCUT2D eigenvalue weighted by Gasteiger charge is -2.23. The third kappa shape index (κ3) is 7.77. The predicted octanol–water partition coefficient (Wildman–Crippen LogP) is 3.24. The summed E-state index contributed by atoms with van der Waals surface area (Å²) < 4.78 is 0. The second-order valence-corrected chi connectivity index (χ2v) is 5.30. The number of carbonyl (C=O) groups is 1. The number of carbonyl (C=O) groups excluding carboxylic acids is 1. The molecule has 0 saturated carbocycles. The summed E-state index contributed by atoms with van der Waals surface area (Å²) in [6, 6.07) is 14.0. The van der Waals surface area contributed by atoms with Crippen LogP contribution in [0.25, 0.3) is 0 Å². The number of benzene rings is 1. The number of nitrogens with zero attached hydrogens (tertiary/aromatic N) is 2. The van der Waals surface area contributed by atoms with Crippen molar-refractivity contribution in [2.45, 2.75) is 25.8 Å². The number of pyridine rings is 1. The maximum Gasteiger partial charge on any atom is 0.223 e. The molecule has 0 spiro atoms. The lowest BCUT2D eigenvalue weighted by molar-refractivity contribution is -0.131. The number of hydrogen-bond donors (Lipinski definition) is 1. The van der Waals surface area contributed by atoms with Gasteiger partial charge in [-0.1, -0.05) is 30.3 Å². The Morgan fingerprint density at radius 2 is 1.67 bits per heavy atom. The molecule has 0 aliphatic heterocycles. The molecule has 24 heavy (non-hydrogen) atoms. The van der Waals surface area contributed by atoms with E-state index in [9.17, 15) is 4.79 Å². The molecule has 0 bridgehead atoms. The molecule has 4 nitrogen and oxygen atoms in total. The highest BCUT2D eigenvalue weighted by Crippen LogP contribution is 2.09. The fraction of sp³-hybridized carbons (Fsp3) is 0.333. The molecule has 1 aromatic carbocycles. The minimum absolute atomic E-state index is 0. The Bertz CT molecular complexity index is 567. The van der Waals surface area contributed by atoms with Crippen molar-refractivity contribution >= 4 is 30.7 Å². The van der Waals surface area contributed by atoms with Crippen molar-refractivity contribution < 1.29 is 4.79 Å². The van der Waals surface area contributed by atoms with Crippen molar-refractivity contribution in [2.24, 2.45) is 5.73 Å². The van der Waals surface area contributed by atoms with Gasteiger partial charge < -0.3 is 10.6 Å². The van der Waals surface area contributed by atoms with Gasteiger partial charge in [0.25, 0.3) is 0 Å². The van der Waals surface area contributed by atoms with E-state index >= 15 is 0 Å². The smallest absolute Gasteiger partial charge is 0.223 e. The number of rotatable bonds is 8. The Kier molecular flexibility index (Phi) is 11.9. The molecule has 0 fully saturated rings. The number of aromatic nitrogens is 1. The summed E-state index contributed by atoms with van der Waals surface area (Å²) in [5.74, 6) is 0.175. The van der Waals surface area contributed by atoms with Crippen LogP contribution in [-0.4, -0.2) is 28.9 Å². The van der Waals surface area contributed by atoms with E-state index in [1.807, 2.05) is 47.4 Å². The summed E-state index contributed by atoms with van der Waals surface area (Å²) in [5, 5.41) is 0. The largest absolute Gasteiger partial charge is 0.338 e. The Morgan fingerprint density at radius 3 is 2.29 bits per heavy atom. The molecule has 132 valence electrons. The van der Waals surface area contributed by atoms with E-state index in [1.54, 1.807) is 12.4 Å². The van der Waals surface area contributed by atoms with Gasteiger partial charge in [0.1, 0.15) is 0 Å². The molecule has 2 aromatic rings. The van der Waals surface area contributed by atoms with Gasteiger partial charge in [-0.3, -0.25) is 9.78 Å². The summed E-state index contributed by atoms with van der Waals surface area (Å²) in [6.45, 7) is 1.96. The van der Waals surface area contributed by atoms with Crippen molar-refractivity contribution in [3.63, 3.8) is 0 Å². The number of hydrogen-bond acceptors (Lipinski definition) is 3. The molecule has 0 radical (unpaired) electrons. The molecule has 1 amide bonds. The fourth-order valence-electron chi connectivity index (χ4n) is 2.34. The van der Waals surface area contributed by atoms with Gasteiger partial charge in [-0.2, -0.15) is 0 Å². The Labute approximate surface area is 156 Å². The van der Waals surface area contributed by atoms with Crippen LogP contribution < -0.4 is 5.73 Å². The zero-order chi connectivity index (χ0) is 15.6. The van der Waals surface area contributed by atoms with Gasteiger partial charge in [0.05, 0.1) is 0 Å². The van der Waals surface area contributed by atoms with Crippen molar-refractivity contribution in [1.29, 1.82) is 0 Å². The first kappa shape index (κ1) is 22.4. The minimum Gasteiger partial charge on any atom is -0.338 e. The Hall–Kier alpha value is -1.62.